The van der Waals surface area contributed by atoms with Crippen LogP contribution in [0.5, 0.6) is 0 Å². The summed E-state index contributed by atoms with van der Waals surface area (Å²) < 4.78 is 5.77. The van der Waals surface area contributed by atoms with Gasteiger partial charge in [-0.15, -0.1) is 5.10 Å². The summed E-state index contributed by atoms with van der Waals surface area (Å²) in [6.45, 7) is 0. The summed E-state index contributed by atoms with van der Waals surface area (Å²) >= 11 is 0. The highest BCUT2D eigenvalue weighted by Gasteiger charge is 2.53. The van der Waals surface area contributed by atoms with E-state index in [4.69, 9.17) is 9.25 Å². The average Bonchev–Trinajstić information content (AvgIpc) is 3.25. The first-order valence-corrected chi connectivity index (χ1v) is 8.23. The van der Waals surface area contributed by atoms with E-state index in [2.05, 4.69) is 21.2 Å². The van der Waals surface area contributed by atoms with E-state index in [1.807, 2.05) is 30.3 Å². The Bertz CT molecular complexity index is 698. The van der Waals surface area contributed by atoms with Gasteiger partial charge in [0.1, 0.15) is 0 Å². The molecule has 3 aliphatic carbocycles. The minimum atomic E-state index is -0.331. The molecule has 0 amide bonds. The summed E-state index contributed by atoms with van der Waals surface area (Å²) in [5.74, 6) is 1.77. The van der Waals surface area contributed by atoms with Crippen molar-refractivity contribution in [3.05, 3.63) is 30.3 Å². The maximum atomic E-state index is 5.93. The van der Waals surface area contributed by atoms with Gasteiger partial charge in [0.15, 0.2) is 5.72 Å². The van der Waals surface area contributed by atoms with Crippen LogP contribution in [0.4, 0.5) is 6.01 Å². The number of aromatic nitrogens is 2. The predicted molar refractivity (Wildman–Crippen MR) is 82.4 cm³/mol. The molecule has 1 aromatic heterocycles. The molecule has 4 fully saturated rings. The van der Waals surface area contributed by atoms with Crippen molar-refractivity contribution in [3.63, 3.8) is 0 Å². The number of hydrazine groups is 2. The lowest BCUT2D eigenvalue weighted by Crippen LogP contribution is -2.57. The topological polar surface area (TPSA) is 75.5 Å². The first kappa shape index (κ1) is 13.5. The summed E-state index contributed by atoms with van der Waals surface area (Å²) in [6, 6.07) is 10.1. The van der Waals surface area contributed by atoms with Crippen molar-refractivity contribution >= 4 is 6.01 Å². The first-order chi connectivity index (χ1) is 11.3. The fraction of sp³-hybridized carbons (Fsp3) is 0.500. The molecule has 2 aromatic rings. The van der Waals surface area contributed by atoms with E-state index in [-0.39, 0.29) is 5.72 Å². The zero-order valence-electron chi connectivity index (χ0n) is 12.7. The lowest BCUT2D eigenvalue weighted by molar-refractivity contribution is -0.153. The number of nitrogens with zero attached hydrogens (tertiary/aromatic N) is 3. The monoisotopic (exact) mass is 313 g/mol. The number of fused-ring (bicyclic) bond motifs is 2. The van der Waals surface area contributed by atoms with Crippen LogP contribution in [0.1, 0.15) is 32.1 Å². The largest absolute Gasteiger partial charge is 0.401 e. The fourth-order valence-corrected chi connectivity index (χ4v) is 4.14. The molecule has 1 aromatic carbocycles. The molecule has 7 heteroatoms. The van der Waals surface area contributed by atoms with Crippen molar-refractivity contribution in [2.24, 2.45) is 11.8 Å². The lowest BCUT2D eigenvalue weighted by Gasteiger charge is -2.47. The van der Waals surface area contributed by atoms with Gasteiger partial charge in [0.25, 0.3) is 0 Å². The summed E-state index contributed by atoms with van der Waals surface area (Å²) in [5.41, 5.74) is 6.90. The van der Waals surface area contributed by atoms with Gasteiger partial charge in [0, 0.05) is 11.5 Å². The van der Waals surface area contributed by atoms with Crippen molar-refractivity contribution < 1.29 is 9.25 Å². The molecule has 6 rings (SSSR count). The van der Waals surface area contributed by atoms with Crippen LogP contribution >= 0.6 is 0 Å². The highest BCUT2D eigenvalue weighted by Crippen LogP contribution is 2.49. The fourth-order valence-electron chi connectivity index (χ4n) is 4.14. The molecule has 7 nitrogen and oxygen atoms in total. The number of benzene rings is 1. The van der Waals surface area contributed by atoms with Crippen molar-refractivity contribution in [1.82, 2.24) is 21.2 Å². The van der Waals surface area contributed by atoms with Crippen LogP contribution in [-0.2, 0) is 4.84 Å². The van der Waals surface area contributed by atoms with E-state index >= 15 is 0 Å². The number of hydrogen-bond acceptors (Lipinski definition) is 7. The molecule has 2 bridgehead atoms. The first-order valence-electron chi connectivity index (χ1n) is 8.23. The summed E-state index contributed by atoms with van der Waals surface area (Å²) in [4.78, 5) is 5.93. The van der Waals surface area contributed by atoms with Crippen LogP contribution in [0.15, 0.2) is 34.7 Å². The molecule has 1 atom stereocenters. The van der Waals surface area contributed by atoms with Gasteiger partial charge in [-0.3, -0.25) is 4.84 Å². The second-order valence-corrected chi connectivity index (χ2v) is 6.71. The van der Waals surface area contributed by atoms with Crippen LogP contribution in [0, 0.1) is 11.8 Å². The Morgan fingerprint density at radius 1 is 1.09 bits per heavy atom. The van der Waals surface area contributed by atoms with E-state index < -0.39 is 0 Å². The van der Waals surface area contributed by atoms with Crippen molar-refractivity contribution in [1.29, 1.82) is 0 Å². The van der Waals surface area contributed by atoms with Gasteiger partial charge in [-0.05, 0) is 50.2 Å². The van der Waals surface area contributed by atoms with Gasteiger partial charge in [0.2, 0.25) is 5.89 Å². The predicted octanol–water partition coefficient (Wildman–Crippen LogP) is 2.40. The van der Waals surface area contributed by atoms with E-state index in [0.29, 0.717) is 17.8 Å². The number of anilines is 1. The molecule has 23 heavy (non-hydrogen) atoms. The Kier molecular flexibility index (Phi) is 2.94. The minimum absolute atomic E-state index is 0.331. The molecule has 0 radical (unpaired) electrons. The minimum Gasteiger partial charge on any atom is -0.401 e. The Morgan fingerprint density at radius 2 is 1.91 bits per heavy atom. The molecule has 2 heterocycles. The molecule has 2 N–H and O–H groups in total. The maximum absolute atomic E-state index is 5.93. The molecule has 3 saturated carbocycles. The third kappa shape index (κ3) is 2.15. The highest BCUT2D eigenvalue weighted by molar-refractivity contribution is 5.52. The number of rotatable bonds is 2. The van der Waals surface area contributed by atoms with Gasteiger partial charge in [-0.2, -0.15) is 10.5 Å². The maximum Gasteiger partial charge on any atom is 0.350 e. The van der Waals surface area contributed by atoms with Crippen molar-refractivity contribution in [2.45, 2.75) is 37.8 Å². The van der Waals surface area contributed by atoms with E-state index in [1.54, 1.807) is 5.12 Å². The van der Waals surface area contributed by atoms with Crippen LogP contribution in [-0.4, -0.2) is 15.9 Å². The van der Waals surface area contributed by atoms with Crippen LogP contribution in [0.2, 0.25) is 0 Å². The molecule has 1 unspecified atom stereocenters. The Balaban J connectivity index is 1.37. The standard InChI is InChI=1S/C16H19N5O2/c1-2-4-12(5-3-1)14-17-18-15(22-14)21-19-16(23-20-21)10-11-6-8-13(16)9-7-11/h1-5,11,13,19-20H,6-10H2. The third-order valence-electron chi connectivity index (χ3n) is 5.34. The Morgan fingerprint density at radius 3 is 2.65 bits per heavy atom. The Hall–Kier alpha value is -1.96. The van der Waals surface area contributed by atoms with Gasteiger partial charge in [0.05, 0.1) is 0 Å². The zero-order chi connectivity index (χ0) is 15.3. The summed E-state index contributed by atoms with van der Waals surface area (Å²) in [5, 5.41) is 9.85. The van der Waals surface area contributed by atoms with E-state index in [0.717, 1.165) is 17.9 Å². The number of hydrogen-bond donors (Lipinski definition) is 2. The van der Waals surface area contributed by atoms with Gasteiger partial charge in [-0.25, -0.2) is 0 Å². The molecule has 1 spiro atoms. The van der Waals surface area contributed by atoms with Crippen LogP contribution in [0.3, 0.4) is 0 Å². The smallest absolute Gasteiger partial charge is 0.350 e. The Labute approximate surface area is 133 Å². The van der Waals surface area contributed by atoms with Crippen LogP contribution < -0.4 is 16.1 Å². The van der Waals surface area contributed by atoms with Gasteiger partial charge in [-0.1, -0.05) is 28.9 Å². The lowest BCUT2D eigenvalue weighted by atomic mass is 9.66. The van der Waals surface area contributed by atoms with Crippen molar-refractivity contribution in [3.8, 4) is 11.5 Å². The van der Waals surface area contributed by atoms with Gasteiger partial charge >= 0.3 is 6.01 Å². The second-order valence-electron chi connectivity index (χ2n) is 6.71. The number of nitrogens with one attached hydrogen (secondary N) is 2. The van der Waals surface area contributed by atoms with Crippen molar-refractivity contribution in [2.75, 3.05) is 5.12 Å². The molecule has 4 aliphatic rings. The average molecular weight is 313 g/mol. The molecule has 1 aliphatic heterocycles. The quantitative estimate of drug-likeness (QED) is 0.881. The zero-order valence-corrected chi connectivity index (χ0v) is 12.7. The van der Waals surface area contributed by atoms with Gasteiger partial charge < -0.3 is 4.42 Å². The molecule has 120 valence electrons. The normalized spacial score (nSPS) is 32.8. The molecular weight excluding hydrogens is 294 g/mol. The van der Waals surface area contributed by atoms with E-state index in [1.165, 1.54) is 25.7 Å². The highest BCUT2D eigenvalue weighted by atomic mass is 16.7. The SMILES string of the molecule is c1ccc(-c2nnc(N3NOC4(CC5CCC4CC5)N3)o2)cc1. The second kappa shape index (κ2) is 5.02. The van der Waals surface area contributed by atoms with E-state index in [9.17, 15) is 0 Å². The van der Waals surface area contributed by atoms with Crippen LogP contribution in [0.25, 0.3) is 11.5 Å². The summed E-state index contributed by atoms with van der Waals surface area (Å²) in [6.07, 6.45) is 6.09. The molecular formula is C16H19N5O2. The summed E-state index contributed by atoms with van der Waals surface area (Å²) in [7, 11) is 0. The molecule has 1 saturated heterocycles. The third-order valence-corrected chi connectivity index (χ3v) is 5.34.